The fourth-order valence-electron chi connectivity index (χ4n) is 2.72. The highest BCUT2D eigenvalue weighted by atomic mass is 32.1. The van der Waals surface area contributed by atoms with Crippen molar-refractivity contribution in [2.24, 2.45) is 0 Å². The van der Waals surface area contributed by atoms with Gasteiger partial charge < -0.3 is 14.8 Å². The Labute approximate surface area is 171 Å². The quantitative estimate of drug-likeness (QED) is 0.608. The van der Waals surface area contributed by atoms with Crippen molar-refractivity contribution in [1.82, 2.24) is 24.4 Å². The van der Waals surface area contributed by atoms with E-state index in [1.807, 2.05) is 20.8 Å². The molecule has 1 amide bonds. The Hall–Kier alpha value is -3.21. The predicted molar refractivity (Wildman–Crippen MR) is 109 cm³/mol. The Morgan fingerprint density at radius 1 is 1.21 bits per heavy atom. The first kappa shape index (κ1) is 20.5. The molecule has 154 valence electrons. The first-order valence-electron chi connectivity index (χ1n) is 8.76. The van der Waals surface area contributed by atoms with E-state index in [1.54, 1.807) is 18.2 Å². The number of hydrogen-bond acceptors (Lipinski definition) is 7. The molecule has 0 saturated carbocycles. The molecule has 3 aromatic rings. The molecule has 0 radical (unpaired) electrons. The van der Waals surface area contributed by atoms with Crippen molar-refractivity contribution in [1.29, 1.82) is 0 Å². The Morgan fingerprint density at radius 2 is 1.90 bits per heavy atom. The molecule has 2 heterocycles. The van der Waals surface area contributed by atoms with E-state index in [0.29, 0.717) is 22.9 Å². The summed E-state index contributed by atoms with van der Waals surface area (Å²) >= 11 is 5.37. The van der Waals surface area contributed by atoms with E-state index >= 15 is 0 Å². The van der Waals surface area contributed by atoms with Crippen molar-refractivity contribution < 1.29 is 14.3 Å². The number of carbonyl (C=O) groups is 1. The number of hydrogen-bond donors (Lipinski definition) is 2. The topological polar surface area (TPSA) is 116 Å². The maximum absolute atomic E-state index is 12.5. The number of nitrogens with one attached hydrogen (secondary N) is 2. The van der Waals surface area contributed by atoms with Gasteiger partial charge in [-0.3, -0.25) is 14.6 Å². The smallest absolute Gasteiger partial charge is 0.274 e. The van der Waals surface area contributed by atoms with E-state index in [2.05, 4.69) is 20.5 Å². The fourth-order valence-corrected chi connectivity index (χ4v) is 2.95. The molecule has 0 aliphatic heterocycles. The number of benzene rings is 1. The van der Waals surface area contributed by atoms with E-state index in [-0.39, 0.29) is 28.6 Å². The largest absolute Gasteiger partial charge is 0.493 e. The number of aromatic amines is 1. The van der Waals surface area contributed by atoms with Crippen LogP contribution in [0.4, 0.5) is 5.69 Å². The standard InChI is InChI=1S/C18H22N6O4S/c1-18(2,3)14-15(26)20-16-22-23(17(29)24(16)21-14)9-13(25)19-10-6-7-11(27-4)12(8-10)28-5/h6-8H,9H2,1-5H3,(H,19,25)(H,20,22,26). The number of ether oxygens (including phenoxy) is 2. The molecule has 0 spiro atoms. The van der Waals surface area contributed by atoms with Gasteiger partial charge in [0.05, 0.1) is 14.2 Å². The summed E-state index contributed by atoms with van der Waals surface area (Å²) in [6, 6.07) is 5.03. The van der Waals surface area contributed by atoms with Crippen molar-refractivity contribution in [3.8, 4) is 11.5 Å². The molecular formula is C18H22N6O4S. The van der Waals surface area contributed by atoms with Gasteiger partial charge in [-0.05, 0) is 24.4 Å². The normalized spacial score (nSPS) is 11.5. The number of fused-ring (bicyclic) bond motifs is 1. The molecule has 3 rings (SSSR count). The van der Waals surface area contributed by atoms with Crippen LogP contribution in [-0.2, 0) is 16.8 Å². The van der Waals surface area contributed by atoms with Crippen LogP contribution in [0.3, 0.4) is 0 Å². The van der Waals surface area contributed by atoms with Crippen LogP contribution in [0.1, 0.15) is 26.5 Å². The van der Waals surface area contributed by atoms with E-state index in [1.165, 1.54) is 23.4 Å². The molecule has 0 unspecified atom stereocenters. The lowest BCUT2D eigenvalue weighted by Crippen LogP contribution is -2.28. The first-order chi connectivity index (χ1) is 13.6. The molecular weight excluding hydrogens is 396 g/mol. The third-order valence-electron chi connectivity index (χ3n) is 4.13. The van der Waals surface area contributed by atoms with E-state index in [0.717, 1.165) is 0 Å². The van der Waals surface area contributed by atoms with Crippen LogP contribution in [0.5, 0.6) is 11.5 Å². The summed E-state index contributed by atoms with van der Waals surface area (Å²) in [5.41, 5.74) is 0.0514. The first-order valence-corrected chi connectivity index (χ1v) is 9.17. The lowest BCUT2D eigenvalue weighted by atomic mass is 9.93. The molecule has 2 N–H and O–H groups in total. The number of amides is 1. The number of aromatic nitrogens is 5. The van der Waals surface area contributed by atoms with Gasteiger partial charge in [-0.2, -0.15) is 9.61 Å². The molecule has 0 atom stereocenters. The summed E-state index contributed by atoms with van der Waals surface area (Å²) in [5, 5.41) is 11.3. The number of nitrogens with zero attached hydrogens (tertiary/aromatic N) is 4. The Balaban J connectivity index is 1.87. The monoisotopic (exact) mass is 418 g/mol. The molecule has 11 heteroatoms. The van der Waals surface area contributed by atoms with Crippen LogP contribution >= 0.6 is 12.2 Å². The number of methoxy groups -OCH3 is 2. The molecule has 0 saturated heterocycles. The van der Waals surface area contributed by atoms with Gasteiger partial charge in [-0.25, -0.2) is 4.68 Å². The van der Waals surface area contributed by atoms with E-state index in [9.17, 15) is 9.59 Å². The summed E-state index contributed by atoms with van der Waals surface area (Å²) in [6.07, 6.45) is 0. The lowest BCUT2D eigenvalue weighted by Gasteiger charge is -2.15. The maximum Gasteiger partial charge on any atom is 0.274 e. The minimum absolute atomic E-state index is 0.149. The van der Waals surface area contributed by atoms with Crippen LogP contribution in [0.25, 0.3) is 5.78 Å². The number of rotatable bonds is 5. The molecule has 2 aromatic heterocycles. The van der Waals surface area contributed by atoms with Gasteiger partial charge in [0, 0.05) is 17.2 Å². The van der Waals surface area contributed by atoms with Crippen molar-refractivity contribution in [3.63, 3.8) is 0 Å². The number of anilines is 1. The Kier molecular flexibility index (Phi) is 5.42. The second kappa shape index (κ2) is 7.66. The Morgan fingerprint density at radius 3 is 2.52 bits per heavy atom. The van der Waals surface area contributed by atoms with Gasteiger partial charge in [0.15, 0.2) is 11.5 Å². The van der Waals surface area contributed by atoms with Crippen molar-refractivity contribution in [2.45, 2.75) is 32.7 Å². The van der Waals surface area contributed by atoms with Crippen LogP contribution in [0.2, 0.25) is 0 Å². The zero-order valence-corrected chi connectivity index (χ0v) is 17.6. The molecule has 10 nitrogen and oxygen atoms in total. The summed E-state index contributed by atoms with van der Waals surface area (Å²) in [7, 11) is 3.05. The van der Waals surface area contributed by atoms with Crippen LogP contribution < -0.4 is 20.3 Å². The molecule has 0 aliphatic rings. The zero-order chi connectivity index (χ0) is 21.3. The second-order valence-electron chi connectivity index (χ2n) is 7.35. The minimum atomic E-state index is -0.469. The van der Waals surface area contributed by atoms with Gasteiger partial charge in [-0.1, -0.05) is 20.8 Å². The average Bonchev–Trinajstić information content (AvgIpc) is 2.94. The van der Waals surface area contributed by atoms with Gasteiger partial charge >= 0.3 is 0 Å². The molecule has 0 bridgehead atoms. The molecule has 29 heavy (non-hydrogen) atoms. The zero-order valence-electron chi connectivity index (χ0n) is 16.8. The third kappa shape index (κ3) is 4.14. The van der Waals surface area contributed by atoms with E-state index in [4.69, 9.17) is 21.7 Å². The minimum Gasteiger partial charge on any atom is -0.493 e. The van der Waals surface area contributed by atoms with Gasteiger partial charge in [0.25, 0.3) is 11.3 Å². The summed E-state index contributed by atoms with van der Waals surface area (Å²) in [6.45, 7) is 5.48. The SMILES string of the molecule is COc1ccc(NC(=O)Cn2nc3[nH]c(=O)c(C(C)(C)C)nn3c2=S)cc1OC. The highest BCUT2D eigenvalue weighted by Gasteiger charge is 2.22. The molecule has 0 fully saturated rings. The summed E-state index contributed by atoms with van der Waals surface area (Å²) < 4.78 is 13.3. The highest BCUT2D eigenvalue weighted by Crippen LogP contribution is 2.29. The third-order valence-corrected chi connectivity index (χ3v) is 4.51. The van der Waals surface area contributed by atoms with Crippen molar-refractivity contribution in [2.75, 3.05) is 19.5 Å². The van der Waals surface area contributed by atoms with Crippen LogP contribution in [0, 0.1) is 4.77 Å². The summed E-state index contributed by atoms with van der Waals surface area (Å²) in [5.74, 6) is 0.867. The lowest BCUT2D eigenvalue weighted by molar-refractivity contribution is -0.116. The van der Waals surface area contributed by atoms with Crippen molar-refractivity contribution in [3.05, 3.63) is 39.0 Å². The van der Waals surface area contributed by atoms with Crippen LogP contribution in [-0.4, -0.2) is 44.5 Å². The highest BCUT2D eigenvalue weighted by molar-refractivity contribution is 7.71. The summed E-state index contributed by atoms with van der Waals surface area (Å²) in [4.78, 5) is 27.4. The van der Waals surface area contributed by atoms with Gasteiger partial charge in [-0.15, -0.1) is 5.10 Å². The molecule has 0 aliphatic carbocycles. The average molecular weight is 418 g/mol. The Bertz CT molecular complexity index is 1190. The van der Waals surface area contributed by atoms with Gasteiger partial charge in [0.2, 0.25) is 10.7 Å². The molecule has 1 aromatic carbocycles. The predicted octanol–water partition coefficient (Wildman–Crippen LogP) is 1.90. The van der Waals surface area contributed by atoms with Gasteiger partial charge in [0.1, 0.15) is 12.2 Å². The number of H-pyrrole nitrogens is 1. The van der Waals surface area contributed by atoms with Crippen molar-refractivity contribution >= 4 is 29.6 Å². The van der Waals surface area contributed by atoms with Crippen LogP contribution in [0.15, 0.2) is 23.0 Å². The second-order valence-corrected chi connectivity index (χ2v) is 7.71. The number of carbonyl (C=O) groups excluding carboxylic acids is 1. The maximum atomic E-state index is 12.5. The fraction of sp³-hybridized carbons (Fsp3) is 0.389. The van der Waals surface area contributed by atoms with E-state index < -0.39 is 5.41 Å².